The zero-order valence-corrected chi connectivity index (χ0v) is 30.7. The molecule has 0 spiro atoms. The highest BCUT2D eigenvalue weighted by Crippen LogP contribution is 2.33. The number of ether oxygens (including phenoxy) is 2. The van der Waals surface area contributed by atoms with Crippen molar-refractivity contribution in [3.05, 3.63) is 70.8 Å². The first-order valence-corrected chi connectivity index (χ1v) is 16.5. The van der Waals surface area contributed by atoms with Crippen LogP contribution in [0.3, 0.4) is 0 Å². The summed E-state index contributed by atoms with van der Waals surface area (Å²) in [6.45, 7) is 23.9. The van der Waals surface area contributed by atoms with Gasteiger partial charge in [-0.05, 0) is 105 Å². The lowest BCUT2D eigenvalue weighted by Crippen LogP contribution is -2.60. The SMILES string of the molecule is Cc1ccc(C(C(=O)NC(Cc2ccccc2)C(=O)OC(C)(C)C)N(C(=O)C(CC(C)C)NC(=O)OC(C)(C)C)C(C)(C)C)c(C)c1. The molecule has 2 aromatic rings. The number of nitrogens with zero attached hydrogens (tertiary/aromatic N) is 1. The van der Waals surface area contributed by atoms with Gasteiger partial charge in [0.15, 0.2) is 0 Å². The summed E-state index contributed by atoms with van der Waals surface area (Å²) in [5, 5.41) is 5.75. The smallest absolute Gasteiger partial charge is 0.408 e. The van der Waals surface area contributed by atoms with E-state index >= 15 is 0 Å². The zero-order chi connectivity index (χ0) is 35.9. The molecule has 0 fully saturated rings. The van der Waals surface area contributed by atoms with Crippen molar-refractivity contribution in [2.45, 2.75) is 138 Å². The Morgan fingerprint density at radius 2 is 1.34 bits per heavy atom. The van der Waals surface area contributed by atoms with Crippen molar-refractivity contribution in [1.82, 2.24) is 15.5 Å². The molecule has 47 heavy (non-hydrogen) atoms. The standard InChI is InChI=1S/C38H57N3O6/c1-24(2)21-29(40-35(45)47-38(11,12)13)33(43)41(36(5,6)7)31(28-20-19-25(3)22-26(28)4)32(42)39-30(34(44)46-37(8,9)10)23-27-17-15-14-16-18-27/h14-20,22,24,29-31H,21,23H2,1-13H3,(H,39,42)(H,40,45). The van der Waals surface area contributed by atoms with E-state index in [0.29, 0.717) is 12.0 Å². The summed E-state index contributed by atoms with van der Waals surface area (Å²) in [5.74, 6) is -1.51. The van der Waals surface area contributed by atoms with Crippen molar-refractivity contribution in [3.63, 3.8) is 0 Å². The van der Waals surface area contributed by atoms with Gasteiger partial charge >= 0.3 is 12.1 Å². The molecule has 3 amide bonds. The average molecular weight is 652 g/mol. The Bertz CT molecular complexity index is 1380. The maximum atomic E-state index is 14.7. The third-order valence-electron chi connectivity index (χ3n) is 7.17. The molecule has 2 aromatic carbocycles. The lowest BCUT2D eigenvalue weighted by Gasteiger charge is -2.44. The van der Waals surface area contributed by atoms with Gasteiger partial charge in [-0.15, -0.1) is 0 Å². The minimum absolute atomic E-state index is 0.0384. The van der Waals surface area contributed by atoms with Gasteiger partial charge in [0.05, 0.1) is 0 Å². The molecule has 9 nitrogen and oxygen atoms in total. The van der Waals surface area contributed by atoms with Crippen LogP contribution in [-0.2, 0) is 30.3 Å². The van der Waals surface area contributed by atoms with E-state index in [2.05, 4.69) is 10.6 Å². The molecule has 3 unspecified atom stereocenters. The number of rotatable bonds is 11. The second-order valence-electron chi connectivity index (χ2n) is 15.8. The monoisotopic (exact) mass is 651 g/mol. The molecule has 0 aliphatic heterocycles. The number of carbonyl (C=O) groups excluding carboxylic acids is 4. The second-order valence-corrected chi connectivity index (χ2v) is 15.8. The van der Waals surface area contributed by atoms with Crippen LogP contribution in [0.5, 0.6) is 0 Å². The zero-order valence-electron chi connectivity index (χ0n) is 30.7. The Kier molecular flexibility index (Phi) is 13.2. The van der Waals surface area contributed by atoms with Crippen LogP contribution in [0, 0.1) is 19.8 Å². The highest BCUT2D eigenvalue weighted by Gasteiger charge is 2.43. The Morgan fingerprint density at radius 1 is 0.766 bits per heavy atom. The molecular formula is C38H57N3O6. The third kappa shape index (κ3) is 12.7. The number of aryl methyl sites for hydroxylation is 2. The van der Waals surface area contributed by atoms with Gasteiger partial charge in [0.1, 0.15) is 29.3 Å². The molecule has 0 aliphatic rings. The maximum Gasteiger partial charge on any atom is 0.408 e. The van der Waals surface area contributed by atoms with Gasteiger partial charge in [0, 0.05) is 12.0 Å². The Balaban J connectivity index is 2.71. The van der Waals surface area contributed by atoms with Gasteiger partial charge in [0.2, 0.25) is 11.8 Å². The summed E-state index contributed by atoms with van der Waals surface area (Å²) in [6.07, 6.45) is -0.202. The van der Waals surface area contributed by atoms with E-state index in [-0.39, 0.29) is 12.3 Å². The van der Waals surface area contributed by atoms with Crippen molar-refractivity contribution in [2.24, 2.45) is 5.92 Å². The van der Waals surface area contributed by atoms with Crippen LogP contribution in [0.1, 0.15) is 111 Å². The first-order valence-electron chi connectivity index (χ1n) is 16.5. The molecule has 0 aliphatic carbocycles. The van der Waals surface area contributed by atoms with E-state index in [9.17, 15) is 19.2 Å². The molecular weight excluding hydrogens is 594 g/mol. The van der Waals surface area contributed by atoms with Gasteiger partial charge in [-0.3, -0.25) is 9.59 Å². The van der Waals surface area contributed by atoms with Crippen LogP contribution in [0.15, 0.2) is 48.5 Å². The predicted molar refractivity (Wildman–Crippen MR) is 186 cm³/mol. The van der Waals surface area contributed by atoms with E-state index in [1.165, 1.54) is 4.90 Å². The third-order valence-corrected chi connectivity index (χ3v) is 7.17. The van der Waals surface area contributed by atoms with Crippen molar-refractivity contribution < 1.29 is 28.7 Å². The number of hydrogen-bond donors (Lipinski definition) is 2. The lowest BCUT2D eigenvalue weighted by atomic mass is 9.91. The van der Waals surface area contributed by atoms with Crippen LogP contribution in [-0.4, -0.2) is 57.6 Å². The summed E-state index contributed by atoms with van der Waals surface area (Å²) in [7, 11) is 0. The molecule has 0 saturated heterocycles. The van der Waals surface area contributed by atoms with Gasteiger partial charge in [-0.1, -0.05) is 67.9 Å². The highest BCUT2D eigenvalue weighted by atomic mass is 16.6. The predicted octanol–water partition coefficient (Wildman–Crippen LogP) is 6.98. The van der Waals surface area contributed by atoms with Crippen LogP contribution >= 0.6 is 0 Å². The second kappa shape index (κ2) is 15.8. The number of alkyl carbamates (subject to hydrolysis) is 1. The number of benzene rings is 2. The van der Waals surface area contributed by atoms with E-state index < -0.39 is 58.7 Å². The molecule has 0 radical (unpaired) electrons. The maximum absolute atomic E-state index is 14.7. The van der Waals surface area contributed by atoms with E-state index in [4.69, 9.17) is 9.47 Å². The number of nitrogens with one attached hydrogen (secondary N) is 2. The van der Waals surface area contributed by atoms with Crippen LogP contribution in [0.25, 0.3) is 0 Å². The van der Waals surface area contributed by atoms with Crippen LogP contribution in [0.4, 0.5) is 4.79 Å². The fourth-order valence-corrected chi connectivity index (χ4v) is 5.35. The molecule has 2 rings (SSSR count). The number of esters is 1. The lowest BCUT2D eigenvalue weighted by molar-refractivity contribution is -0.159. The summed E-state index contributed by atoms with van der Waals surface area (Å²) >= 11 is 0. The number of amides is 3. The molecule has 9 heteroatoms. The molecule has 0 saturated carbocycles. The Morgan fingerprint density at radius 3 is 1.83 bits per heavy atom. The molecule has 3 atom stereocenters. The van der Waals surface area contributed by atoms with E-state index in [1.54, 1.807) is 41.5 Å². The normalized spacial score (nSPS) is 14.1. The minimum atomic E-state index is -1.14. The summed E-state index contributed by atoms with van der Waals surface area (Å²) in [5.41, 5.74) is 0.824. The topological polar surface area (TPSA) is 114 Å². The minimum Gasteiger partial charge on any atom is -0.458 e. The highest BCUT2D eigenvalue weighted by molar-refractivity contribution is 5.94. The van der Waals surface area contributed by atoms with E-state index in [1.807, 2.05) is 97.0 Å². The fraction of sp³-hybridized carbons (Fsp3) is 0.579. The quantitative estimate of drug-likeness (QED) is 0.254. The molecule has 0 bridgehead atoms. The van der Waals surface area contributed by atoms with Gasteiger partial charge < -0.3 is 25.0 Å². The average Bonchev–Trinajstić information content (AvgIpc) is 2.88. The molecule has 0 aromatic heterocycles. The molecule has 260 valence electrons. The van der Waals surface area contributed by atoms with Crippen molar-refractivity contribution in [3.8, 4) is 0 Å². The first kappa shape index (κ1) is 39.3. The Hall–Kier alpha value is -3.88. The van der Waals surface area contributed by atoms with Crippen molar-refractivity contribution >= 4 is 23.9 Å². The molecule has 2 N–H and O–H groups in total. The van der Waals surface area contributed by atoms with Crippen molar-refractivity contribution in [2.75, 3.05) is 0 Å². The first-order chi connectivity index (χ1) is 21.5. The van der Waals surface area contributed by atoms with Gasteiger partial charge in [-0.2, -0.15) is 0 Å². The van der Waals surface area contributed by atoms with E-state index in [0.717, 1.165) is 16.7 Å². The van der Waals surface area contributed by atoms with Gasteiger partial charge in [0.25, 0.3) is 0 Å². The largest absolute Gasteiger partial charge is 0.458 e. The van der Waals surface area contributed by atoms with Crippen molar-refractivity contribution in [1.29, 1.82) is 0 Å². The number of carbonyl (C=O) groups is 4. The fourth-order valence-electron chi connectivity index (χ4n) is 5.35. The van der Waals surface area contributed by atoms with Crippen LogP contribution < -0.4 is 10.6 Å². The summed E-state index contributed by atoms with van der Waals surface area (Å²) in [6, 6.07) is 11.9. The Labute approximate surface area is 282 Å². The molecule has 0 heterocycles. The van der Waals surface area contributed by atoms with Crippen LogP contribution in [0.2, 0.25) is 0 Å². The summed E-state index contributed by atoms with van der Waals surface area (Å²) in [4.78, 5) is 57.4. The number of hydrogen-bond acceptors (Lipinski definition) is 6. The van der Waals surface area contributed by atoms with Gasteiger partial charge in [-0.25, -0.2) is 9.59 Å². The summed E-state index contributed by atoms with van der Waals surface area (Å²) < 4.78 is 11.3.